The Morgan fingerprint density at radius 1 is 1.16 bits per heavy atom. The Morgan fingerprint density at radius 3 is 2.75 bits per heavy atom. The summed E-state index contributed by atoms with van der Waals surface area (Å²) in [4.78, 5) is 27.8. The largest absolute Gasteiger partial charge is 0.383 e. The fourth-order valence-corrected chi connectivity index (χ4v) is 6.20. The van der Waals surface area contributed by atoms with Crippen molar-refractivity contribution in [3.63, 3.8) is 0 Å². The molecule has 5 aromatic rings. The van der Waals surface area contributed by atoms with Gasteiger partial charge in [0.05, 0.1) is 11.6 Å². The lowest BCUT2D eigenvalue weighted by Gasteiger charge is -2.34. The molecule has 12 heteroatoms. The number of carbonyl (C=O) groups is 1. The van der Waals surface area contributed by atoms with Crippen molar-refractivity contribution in [2.75, 3.05) is 18.8 Å². The van der Waals surface area contributed by atoms with Crippen LogP contribution in [0, 0.1) is 11.3 Å². The van der Waals surface area contributed by atoms with Gasteiger partial charge in [0.1, 0.15) is 23.6 Å². The number of benzene rings is 1. The molecule has 1 saturated heterocycles. The summed E-state index contributed by atoms with van der Waals surface area (Å²) in [5.41, 5.74) is 11.0. The molecule has 1 aromatic carbocycles. The van der Waals surface area contributed by atoms with E-state index in [0.717, 1.165) is 29.7 Å². The molecular weight excluding hydrogens is 559 g/mol. The molecule has 0 radical (unpaired) electrons. The summed E-state index contributed by atoms with van der Waals surface area (Å²) in [6.45, 7) is 4.82. The minimum absolute atomic E-state index is 0.0665. The Bertz CT molecular complexity index is 1950. The first-order valence-corrected chi connectivity index (χ1v) is 14.4. The predicted molar refractivity (Wildman–Crippen MR) is 163 cm³/mol. The fraction of sp³-hybridized carbons (Fsp3) is 0.250. The summed E-state index contributed by atoms with van der Waals surface area (Å²) < 4.78 is 19.0. The van der Waals surface area contributed by atoms with E-state index >= 15 is 4.39 Å². The summed E-state index contributed by atoms with van der Waals surface area (Å²) in [6.07, 6.45) is 5.34. The Hall–Kier alpha value is -5.41. The lowest BCUT2D eigenvalue weighted by Crippen LogP contribution is -2.46. The highest BCUT2D eigenvalue weighted by Crippen LogP contribution is 2.38. The number of likely N-dealkylation sites (tertiary alicyclic amines) is 1. The molecule has 0 saturated carbocycles. The highest BCUT2D eigenvalue weighted by molar-refractivity contribution is 5.87. The number of nitrogen functional groups attached to an aromatic ring is 1. The molecule has 3 N–H and O–H groups in total. The molecule has 1 amide bonds. The Kier molecular flexibility index (Phi) is 6.87. The van der Waals surface area contributed by atoms with Crippen LogP contribution in [0.5, 0.6) is 0 Å². The number of nitrogens with two attached hydrogens (primary N) is 1. The van der Waals surface area contributed by atoms with E-state index in [-0.39, 0.29) is 24.1 Å². The lowest BCUT2D eigenvalue weighted by molar-refractivity contribution is -0.127. The fourth-order valence-electron chi connectivity index (χ4n) is 6.20. The molecule has 1 aliphatic heterocycles. The predicted octanol–water partition coefficient (Wildman–Crippen LogP) is 3.82. The maximum Gasteiger partial charge on any atom is 0.245 e. The van der Waals surface area contributed by atoms with E-state index in [1.807, 2.05) is 41.0 Å². The Morgan fingerprint density at radius 2 is 2.00 bits per heavy atom. The van der Waals surface area contributed by atoms with E-state index in [0.29, 0.717) is 47.3 Å². The molecule has 44 heavy (non-hydrogen) atoms. The molecule has 1 unspecified atom stereocenters. The molecule has 0 spiro atoms. The summed E-state index contributed by atoms with van der Waals surface area (Å²) in [7, 11) is 0. The lowest BCUT2D eigenvalue weighted by atomic mass is 10.0. The number of anilines is 1. The number of hydrogen-bond donors (Lipinski definition) is 2. The smallest absolute Gasteiger partial charge is 0.245 e. The number of nitriles is 1. The van der Waals surface area contributed by atoms with Crippen LogP contribution in [-0.2, 0) is 11.2 Å². The summed E-state index contributed by atoms with van der Waals surface area (Å²) in [5, 5.41) is 17.0. The van der Waals surface area contributed by atoms with E-state index in [1.54, 1.807) is 35.5 Å². The second kappa shape index (κ2) is 11.0. The highest BCUT2D eigenvalue weighted by Gasteiger charge is 2.35. The van der Waals surface area contributed by atoms with E-state index in [9.17, 15) is 10.1 Å². The third-order valence-electron chi connectivity index (χ3n) is 8.40. The number of aromatic nitrogens is 6. The molecule has 1 aliphatic carbocycles. The molecule has 4 aromatic heterocycles. The zero-order valence-corrected chi connectivity index (χ0v) is 23.8. The van der Waals surface area contributed by atoms with Crippen LogP contribution in [0.1, 0.15) is 35.7 Å². The van der Waals surface area contributed by atoms with Crippen molar-refractivity contribution in [2.45, 2.75) is 37.5 Å². The number of fused-ring (bicyclic) bond motifs is 2. The van der Waals surface area contributed by atoms with Crippen LogP contribution in [0.3, 0.4) is 0 Å². The minimum atomic E-state index is -1.08. The zero-order chi connectivity index (χ0) is 30.4. The zero-order valence-electron chi connectivity index (χ0n) is 23.8. The third-order valence-corrected chi connectivity index (χ3v) is 8.40. The first kappa shape index (κ1) is 27.4. The average molecular weight is 589 g/mol. The van der Waals surface area contributed by atoms with Crippen molar-refractivity contribution in [1.82, 2.24) is 39.5 Å². The number of alkyl halides is 1. The van der Waals surface area contributed by atoms with Gasteiger partial charge in [0.25, 0.3) is 0 Å². The highest BCUT2D eigenvalue weighted by atomic mass is 19.1. The van der Waals surface area contributed by atoms with Gasteiger partial charge in [-0.2, -0.15) is 10.4 Å². The Labute approximate surface area is 252 Å². The van der Waals surface area contributed by atoms with Gasteiger partial charge in [0.2, 0.25) is 5.91 Å². The molecule has 2 atom stereocenters. The normalized spacial score (nSPS) is 18.3. The van der Waals surface area contributed by atoms with Crippen LogP contribution >= 0.6 is 0 Å². The standard InChI is InChI=1S/C32H29FN10O/c1-2-28(44)41-13-9-20(10-14-41)37-29-23-6-5-22(16-19(23)17-25(29)33)43-31(24-4-3-12-36-30(24)35)38-26-7-8-27(39-32(26)43)42-15-11-21(18-34)40-42/h2-8,11-12,15-16,20,25,29,37H,1,9-10,13-14,17H2,(H2,35,36)/t25?,29-/m1/s1. The number of nitrogens with one attached hydrogen (secondary N) is 1. The summed E-state index contributed by atoms with van der Waals surface area (Å²) in [5.74, 6) is 1.33. The number of rotatable bonds is 6. The van der Waals surface area contributed by atoms with Gasteiger partial charge in [-0.05, 0) is 72.5 Å². The molecule has 2 aliphatic rings. The van der Waals surface area contributed by atoms with Crippen molar-refractivity contribution in [1.29, 1.82) is 5.26 Å². The number of pyridine rings is 2. The Balaban J connectivity index is 1.26. The van der Waals surface area contributed by atoms with Crippen LogP contribution in [0.15, 0.2) is 73.6 Å². The van der Waals surface area contributed by atoms with Gasteiger partial charge in [-0.15, -0.1) is 0 Å². The number of hydrogen-bond acceptors (Lipinski definition) is 8. The summed E-state index contributed by atoms with van der Waals surface area (Å²) in [6, 6.07) is 16.5. The van der Waals surface area contributed by atoms with Crippen molar-refractivity contribution >= 4 is 22.9 Å². The SMILES string of the molecule is C=CC(=O)N1CCC(N[C@@H]2c3ccc(-n4c(-c5cccnc5N)nc5ccc(-n6ccc(C#N)n6)nc54)cc3CC2F)CC1. The third kappa shape index (κ3) is 4.77. The second-order valence-corrected chi connectivity index (χ2v) is 11.0. The van der Waals surface area contributed by atoms with E-state index in [2.05, 4.69) is 22.0 Å². The molecule has 7 rings (SSSR count). The molecule has 1 fully saturated rings. The first-order valence-electron chi connectivity index (χ1n) is 14.4. The van der Waals surface area contributed by atoms with Gasteiger partial charge < -0.3 is 16.0 Å². The molecular formula is C32H29FN10O. The summed E-state index contributed by atoms with van der Waals surface area (Å²) >= 11 is 0. The van der Waals surface area contributed by atoms with Gasteiger partial charge in [0.15, 0.2) is 23.0 Å². The maximum absolute atomic E-state index is 15.6. The van der Waals surface area contributed by atoms with Gasteiger partial charge in [-0.3, -0.25) is 9.36 Å². The van der Waals surface area contributed by atoms with Crippen LogP contribution in [0.25, 0.3) is 34.1 Å². The second-order valence-electron chi connectivity index (χ2n) is 11.0. The monoisotopic (exact) mass is 588 g/mol. The first-order chi connectivity index (χ1) is 21.4. The van der Waals surface area contributed by atoms with Gasteiger partial charge in [-0.1, -0.05) is 12.6 Å². The van der Waals surface area contributed by atoms with Gasteiger partial charge in [-0.25, -0.2) is 24.0 Å². The van der Waals surface area contributed by atoms with E-state index in [1.165, 1.54) is 10.8 Å². The number of piperidine rings is 1. The van der Waals surface area contributed by atoms with Crippen molar-refractivity contribution in [3.8, 4) is 29.0 Å². The number of halogens is 1. The van der Waals surface area contributed by atoms with E-state index < -0.39 is 12.2 Å². The minimum Gasteiger partial charge on any atom is -0.383 e. The van der Waals surface area contributed by atoms with Crippen molar-refractivity contribution in [3.05, 3.63) is 90.4 Å². The topological polar surface area (TPSA) is 144 Å². The molecule has 11 nitrogen and oxygen atoms in total. The van der Waals surface area contributed by atoms with Crippen molar-refractivity contribution < 1.29 is 9.18 Å². The molecule has 5 heterocycles. The maximum atomic E-state index is 15.6. The quantitative estimate of drug-likeness (QED) is 0.285. The number of imidazole rings is 1. The van der Waals surface area contributed by atoms with Gasteiger partial charge >= 0.3 is 0 Å². The van der Waals surface area contributed by atoms with Gasteiger partial charge in [0, 0.05) is 43.6 Å². The van der Waals surface area contributed by atoms with Crippen LogP contribution in [0.4, 0.5) is 10.2 Å². The van der Waals surface area contributed by atoms with E-state index in [4.69, 9.17) is 15.7 Å². The number of nitrogens with zero attached hydrogens (tertiary/aromatic N) is 8. The van der Waals surface area contributed by atoms with Crippen LogP contribution in [-0.4, -0.2) is 65.4 Å². The van der Waals surface area contributed by atoms with Crippen LogP contribution < -0.4 is 11.1 Å². The molecule has 220 valence electrons. The van der Waals surface area contributed by atoms with Crippen LogP contribution in [0.2, 0.25) is 0 Å². The molecule has 0 bridgehead atoms. The number of carbonyl (C=O) groups excluding carboxylic acids is 1. The average Bonchev–Trinajstić information content (AvgIpc) is 3.76. The van der Waals surface area contributed by atoms with Crippen molar-refractivity contribution in [2.24, 2.45) is 0 Å². The number of amides is 1.